The molecule has 0 saturated heterocycles. The van der Waals surface area contributed by atoms with Gasteiger partial charge in [-0.25, -0.2) is 0 Å². The average Bonchev–Trinajstić information content (AvgIpc) is 2.30. The standard InChI is InChI=1S/C14H23NO/c1-4-9-13(15-5-2)12-10-7-8-11-14(12)16-6-3/h7-8,10-11,13,15H,4-6,9H2,1-3H3. The Kier molecular flexibility index (Phi) is 5.94. The molecule has 0 heterocycles. The first-order valence-electron chi connectivity index (χ1n) is 6.28. The van der Waals surface area contributed by atoms with Gasteiger partial charge in [-0.1, -0.05) is 38.5 Å². The van der Waals surface area contributed by atoms with Crippen LogP contribution >= 0.6 is 0 Å². The summed E-state index contributed by atoms with van der Waals surface area (Å²) in [6, 6.07) is 8.74. The van der Waals surface area contributed by atoms with E-state index in [0.717, 1.165) is 25.3 Å². The minimum atomic E-state index is 0.415. The second-order valence-corrected chi connectivity index (χ2v) is 3.87. The fourth-order valence-electron chi connectivity index (χ4n) is 1.96. The molecule has 2 heteroatoms. The summed E-state index contributed by atoms with van der Waals surface area (Å²) in [4.78, 5) is 0. The van der Waals surface area contributed by atoms with Gasteiger partial charge in [-0.2, -0.15) is 0 Å². The van der Waals surface area contributed by atoms with Crippen LogP contribution in [0.3, 0.4) is 0 Å². The lowest BCUT2D eigenvalue weighted by molar-refractivity contribution is 0.330. The van der Waals surface area contributed by atoms with Crippen molar-refractivity contribution in [2.45, 2.75) is 39.7 Å². The highest BCUT2D eigenvalue weighted by Crippen LogP contribution is 2.27. The number of rotatable bonds is 7. The zero-order valence-corrected chi connectivity index (χ0v) is 10.6. The van der Waals surface area contributed by atoms with Crippen LogP contribution in [0.25, 0.3) is 0 Å². The molecule has 0 radical (unpaired) electrons. The number of para-hydroxylation sites is 1. The fourth-order valence-corrected chi connectivity index (χ4v) is 1.96. The van der Waals surface area contributed by atoms with Crippen molar-refractivity contribution in [1.29, 1.82) is 0 Å². The summed E-state index contributed by atoms with van der Waals surface area (Å²) in [6.45, 7) is 8.10. The molecule has 0 aliphatic heterocycles. The minimum Gasteiger partial charge on any atom is -0.494 e. The third kappa shape index (κ3) is 3.53. The van der Waals surface area contributed by atoms with Gasteiger partial charge in [-0.15, -0.1) is 0 Å². The molecular weight excluding hydrogens is 198 g/mol. The van der Waals surface area contributed by atoms with E-state index in [1.54, 1.807) is 0 Å². The maximum atomic E-state index is 5.67. The molecule has 1 unspecified atom stereocenters. The van der Waals surface area contributed by atoms with E-state index >= 15 is 0 Å². The number of ether oxygens (including phenoxy) is 1. The topological polar surface area (TPSA) is 21.3 Å². The van der Waals surface area contributed by atoms with E-state index in [1.165, 1.54) is 12.0 Å². The van der Waals surface area contributed by atoms with Crippen molar-refractivity contribution >= 4 is 0 Å². The summed E-state index contributed by atoms with van der Waals surface area (Å²) in [5.74, 6) is 1.02. The summed E-state index contributed by atoms with van der Waals surface area (Å²) in [5.41, 5.74) is 1.29. The van der Waals surface area contributed by atoms with E-state index < -0.39 is 0 Å². The Balaban J connectivity index is 2.87. The van der Waals surface area contributed by atoms with E-state index in [0.29, 0.717) is 6.04 Å². The van der Waals surface area contributed by atoms with Gasteiger partial charge in [0.05, 0.1) is 6.61 Å². The maximum absolute atomic E-state index is 5.67. The van der Waals surface area contributed by atoms with E-state index in [9.17, 15) is 0 Å². The molecule has 1 aromatic carbocycles. The predicted molar refractivity (Wildman–Crippen MR) is 68.9 cm³/mol. The molecular formula is C14H23NO. The molecule has 0 bridgehead atoms. The van der Waals surface area contributed by atoms with Gasteiger partial charge < -0.3 is 10.1 Å². The molecule has 1 atom stereocenters. The van der Waals surface area contributed by atoms with Gasteiger partial charge in [0.25, 0.3) is 0 Å². The SMILES string of the molecule is CCCC(NCC)c1ccccc1OCC. The van der Waals surface area contributed by atoms with Gasteiger partial charge >= 0.3 is 0 Å². The van der Waals surface area contributed by atoms with Crippen molar-refractivity contribution in [3.63, 3.8) is 0 Å². The number of hydrogen-bond acceptors (Lipinski definition) is 2. The largest absolute Gasteiger partial charge is 0.494 e. The lowest BCUT2D eigenvalue weighted by Crippen LogP contribution is -2.21. The van der Waals surface area contributed by atoms with Crippen molar-refractivity contribution in [3.05, 3.63) is 29.8 Å². The number of nitrogens with one attached hydrogen (secondary N) is 1. The third-order valence-corrected chi connectivity index (χ3v) is 2.62. The number of benzene rings is 1. The lowest BCUT2D eigenvalue weighted by atomic mass is 10.0. The van der Waals surface area contributed by atoms with Crippen LogP contribution in [-0.2, 0) is 0 Å². The van der Waals surface area contributed by atoms with Crippen LogP contribution in [0.15, 0.2) is 24.3 Å². The highest BCUT2D eigenvalue weighted by Gasteiger charge is 2.13. The molecule has 16 heavy (non-hydrogen) atoms. The summed E-state index contributed by atoms with van der Waals surface area (Å²) in [5, 5.41) is 3.52. The van der Waals surface area contributed by atoms with Crippen molar-refractivity contribution in [2.24, 2.45) is 0 Å². The Morgan fingerprint density at radius 1 is 1.19 bits per heavy atom. The second kappa shape index (κ2) is 7.29. The highest BCUT2D eigenvalue weighted by molar-refractivity contribution is 5.35. The molecule has 1 N–H and O–H groups in total. The van der Waals surface area contributed by atoms with Crippen LogP contribution in [0.4, 0.5) is 0 Å². The van der Waals surface area contributed by atoms with Crippen LogP contribution in [0.2, 0.25) is 0 Å². The number of hydrogen-bond donors (Lipinski definition) is 1. The zero-order chi connectivity index (χ0) is 11.8. The molecule has 0 aliphatic rings. The molecule has 90 valence electrons. The van der Waals surface area contributed by atoms with Gasteiger partial charge in [0.2, 0.25) is 0 Å². The molecule has 0 fully saturated rings. The van der Waals surface area contributed by atoms with Crippen LogP contribution in [0.1, 0.15) is 45.2 Å². The summed E-state index contributed by atoms with van der Waals surface area (Å²) < 4.78 is 5.67. The molecule has 0 spiro atoms. The summed E-state index contributed by atoms with van der Waals surface area (Å²) in [6.07, 6.45) is 2.33. The highest BCUT2D eigenvalue weighted by atomic mass is 16.5. The summed E-state index contributed by atoms with van der Waals surface area (Å²) >= 11 is 0. The van der Waals surface area contributed by atoms with Crippen LogP contribution in [0, 0.1) is 0 Å². The van der Waals surface area contributed by atoms with E-state index in [4.69, 9.17) is 4.74 Å². The second-order valence-electron chi connectivity index (χ2n) is 3.87. The van der Waals surface area contributed by atoms with Gasteiger partial charge in [-0.3, -0.25) is 0 Å². The van der Waals surface area contributed by atoms with Crippen LogP contribution in [0.5, 0.6) is 5.75 Å². The minimum absolute atomic E-state index is 0.415. The molecule has 1 aromatic rings. The molecule has 0 amide bonds. The zero-order valence-electron chi connectivity index (χ0n) is 10.6. The molecule has 0 saturated carbocycles. The van der Waals surface area contributed by atoms with E-state index in [2.05, 4.69) is 37.4 Å². The monoisotopic (exact) mass is 221 g/mol. The van der Waals surface area contributed by atoms with Crippen molar-refractivity contribution in [3.8, 4) is 5.75 Å². The molecule has 0 aliphatic carbocycles. The van der Waals surface area contributed by atoms with Crippen LogP contribution < -0.4 is 10.1 Å². The summed E-state index contributed by atoms with van der Waals surface area (Å²) in [7, 11) is 0. The Morgan fingerprint density at radius 2 is 1.94 bits per heavy atom. The predicted octanol–water partition coefficient (Wildman–Crippen LogP) is 3.54. The van der Waals surface area contributed by atoms with Gasteiger partial charge in [0.15, 0.2) is 0 Å². The molecule has 2 nitrogen and oxygen atoms in total. The Bertz CT molecular complexity index is 293. The quantitative estimate of drug-likeness (QED) is 0.760. The van der Waals surface area contributed by atoms with Crippen molar-refractivity contribution in [1.82, 2.24) is 5.32 Å². The first-order valence-corrected chi connectivity index (χ1v) is 6.28. The fraction of sp³-hybridized carbons (Fsp3) is 0.571. The molecule has 0 aromatic heterocycles. The van der Waals surface area contributed by atoms with Crippen molar-refractivity contribution < 1.29 is 4.74 Å². The normalized spacial score (nSPS) is 12.4. The third-order valence-electron chi connectivity index (χ3n) is 2.62. The lowest BCUT2D eigenvalue weighted by Gasteiger charge is -2.20. The van der Waals surface area contributed by atoms with Crippen molar-refractivity contribution in [2.75, 3.05) is 13.2 Å². The van der Waals surface area contributed by atoms with Crippen LogP contribution in [-0.4, -0.2) is 13.2 Å². The first kappa shape index (κ1) is 13.0. The van der Waals surface area contributed by atoms with E-state index in [-0.39, 0.29) is 0 Å². The Labute approximate surface area is 99.0 Å². The molecule has 1 rings (SSSR count). The van der Waals surface area contributed by atoms with Gasteiger partial charge in [-0.05, 0) is 26.0 Å². The first-order chi connectivity index (χ1) is 7.83. The average molecular weight is 221 g/mol. The Hall–Kier alpha value is -1.02. The van der Waals surface area contributed by atoms with Gasteiger partial charge in [0, 0.05) is 11.6 Å². The smallest absolute Gasteiger partial charge is 0.124 e. The Morgan fingerprint density at radius 3 is 2.56 bits per heavy atom. The maximum Gasteiger partial charge on any atom is 0.124 e. The van der Waals surface area contributed by atoms with Gasteiger partial charge in [0.1, 0.15) is 5.75 Å². The van der Waals surface area contributed by atoms with E-state index in [1.807, 2.05) is 13.0 Å².